The molecule has 0 saturated heterocycles. The highest BCUT2D eigenvalue weighted by molar-refractivity contribution is 7.00. The van der Waals surface area contributed by atoms with Crippen LogP contribution in [0.4, 0.5) is 39.8 Å². The van der Waals surface area contributed by atoms with E-state index in [1.807, 2.05) is 0 Å². The molecule has 9 aromatic rings. The standard InChI is InChI=1S/C79H82BN3/c1-73(2,3)57-33-36-66(61(46-57)54-32-31-52-27-19-20-28-53(52)43-54)81-68-38-35-59(75(7,8)9)48-64(68)80-65-45-55(51-25-15-13-16-26-51)44-63-72(65)83(77(11)40-22-21-39-76(63,77)10)70-50-60(49-69(81)71(70)80)82-67-37-34-58(74(4,5)6)47-62(67)79(56-29-17-14-18-30-56)42-24-23-41-78(79,82)12/h13-20,25-38,43-50H,21-24,39-42H2,1-12H3. The van der Waals surface area contributed by atoms with E-state index in [4.69, 9.17) is 0 Å². The van der Waals surface area contributed by atoms with E-state index >= 15 is 0 Å². The second kappa shape index (κ2) is 17.9. The van der Waals surface area contributed by atoms with Gasteiger partial charge in [0.25, 0.3) is 6.71 Å². The fraction of sp³-hybridized carbons (Fsp3) is 0.342. The van der Waals surface area contributed by atoms with Gasteiger partial charge in [-0.3, -0.25) is 0 Å². The summed E-state index contributed by atoms with van der Waals surface area (Å²) in [6.07, 6.45) is 9.34. The molecule has 6 aliphatic rings. The fourth-order valence-corrected chi connectivity index (χ4v) is 17.4. The molecule has 0 bridgehead atoms. The molecular weight excluding hydrogens is 1000 g/mol. The van der Waals surface area contributed by atoms with E-state index in [-0.39, 0.29) is 44.9 Å². The average Bonchev–Trinajstić information content (AvgIpc) is 1.62. The van der Waals surface area contributed by atoms with E-state index in [1.165, 1.54) is 148 Å². The van der Waals surface area contributed by atoms with Crippen LogP contribution in [0.2, 0.25) is 0 Å². The number of benzene rings is 9. The van der Waals surface area contributed by atoms with Gasteiger partial charge in [-0.25, -0.2) is 0 Å². The maximum absolute atomic E-state index is 2.97. The molecule has 0 amide bonds. The van der Waals surface area contributed by atoms with Crippen LogP contribution in [0.3, 0.4) is 0 Å². The molecule has 2 aliphatic carbocycles. The van der Waals surface area contributed by atoms with Crippen molar-refractivity contribution < 1.29 is 0 Å². The van der Waals surface area contributed by atoms with Crippen LogP contribution in [-0.2, 0) is 27.1 Å². The van der Waals surface area contributed by atoms with E-state index in [0.717, 1.165) is 25.7 Å². The van der Waals surface area contributed by atoms with Crippen molar-refractivity contribution in [3.63, 3.8) is 0 Å². The molecule has 15 rings (SSSR count). The van der Waals surface area contributed by atoms with Gasteiger partial charge in [0.15, 0.2) is 0 Å². The highest BCUT2D eigenvalue weighted by Crippen LogP contribution is 2.67. The van der Waals surface area contributed by atoms with Crippen LogP contribution in [0.25, 0.3) is 33.0 Å². The molecule has 0 spiro atoms. The van der Waals surface area contributed by atoms with E-state index < -0.39 is 0 Å². The lowest BCUT2D eigenvalue weighted by Crippen LogP contribution is -2.64. The first kappa shape index (κ1) is 52.5. The molecule has 9 aromatic carbocycles. The number of hydrogen-bond donors (Lipinski definition) is 0. The molecule has 4 atom stereocenters. The van der Waals surface area contributed by atoms with E-state index in [9.17, 15) is 0 Å². The average molecular weight is 1080 g/mol. The minimum absolute atomic E-state index is 0.00818. The summed E-state index contributed by atoms with van der Waals surface area (Å²) < 4.78 is 0. The van der Waals surface area contributed by atoms with Crippen molar-refractivity contribution in [3.8, 4) is 22.3 Å². The highest BCUT2D eigenvalue weighted by Gasteiger charge is 2.64. The topological polar surface area (TPSA) is 9.72 Å². The van der Waals surface area contributed by atoms with Gasteiger partial charge in [0.05, 0.1) is 16.8 Å². The molecular formula is C79H82BN3. The Morgan fingerprint density at radius 2 is 0.988 bits per heavy atom. The minimum Gasteiger partial charge on any atom is -0.335 e. The molecule has 0 N–H and O–H groups in total. The lowest BCUT2D eigenvalue weighted by Gasteiger charge is -2.54. The molecule has 4 heterocycles. The molecule has 2 fully saturated rings. The second-order valence-corrected chi connectivity index (χ2v) is 29.8. The van der Waals surface area contributed by atoms with Crippen LogP contribution >= 0.6 is 0 Å². The molecule has 4 aliphatic heterocycles. The lowest BCUT2D eigenvalue weighted by molar-refractivity contribution is 0.195. The Balaban J connectivity index is 1.10. The summed E-state index contributed by atoms with van der Waals surface area (Å²) in [5.41, 5.74) is 26.3. The number of nitrogens with zero attached hydrogens (tertiary/aromatic N) is 3. The Hall–Kier alpha value is -7.30. The first-order valence-corrected chi connectivity index (χ1v) is 31.5. The third-order valence-electron chi connectivity index (χ3n) is 22.1. The SMILES string of the molecule is CC(C)(C)c1ccc2c(c1)B1c3cc(-c4ccccc4)cc4c3N(c3cc(N5c6ccc(C(C)(C)C)cc6C6(c7ccccc7)CCCCC56C)cc(c31)N2c1ccc(C(C)(C)C)cc1-c1ccc2ccccc2c1)C1(C)CCCCC41C. The Labute approximate surface area is 495 Å². The first-order valence-electron chi connectivity index (χ1n) is 31.5. The highest BCUT2D eigenvalue weighted by atomic mass is 15.3. The van der Waals surface area contributed by atoms with Gasteiger partial charge in [-0.15, -0.1) is 0 Å². The predicted octanol–water partition coefficient (Wildman–Crippen LogP) is 19.2. The first-order chi connectivity index (χ1) is 39.6. The molecule has 3 nitrogen and oxygen atoms in total. The van der Waals surface area contributed by atoms with Gasteiger partial charge >= 0.3 is 0 Å². The zero-order valence-electron chi connectivity index (χ0n) is 51.4. The van der Waals surface area contributed by atoms with Crippen LogP contribution in [0.5, 0.6) is 0 Å². The van der Waals surface area contributed by atoms with Crippen molar-refractivity contribution in [2.24, 2.45) is 0 Å². The quantitative estimate of drug-likeness (QED) is 0.159. The van der Waals surface area contributed by atoms with Crippen molar-refractivity contribution >= 4 is 73.7 Å². The van der Waals surface area contributed by atoms with Crippen molar-refractivity contribution in [1.29, 1.82) is 0 Å². The van der Waals surface area contributed by atoms with E-state index in [2.05, 4.69) is 280 Å². The van der Waals surface area contributed by atoms with Crippen LogP contribution in [0.15, 0.2) is 182 Å². The summed E-state index contributed by atoms with van der Waals surface area (Å²) in [6, 6.07) is 72.5. The van der Waals surface area contributed by atoms with Gasteiger partial charge in [0.1, 0.15) is 0 Å². The largest absolute Gasteiger partial charge is 0.335 e. The predicted molar refractivity (Wildman–Crippen MR) is 356 cm³/mol. The molecule has 416 valence electrons. The normalized spacial score (nSPS) is 23.1. The summed E-state index contributed by atoms with van der Waals surface area (Å²) in [5.74, 6) is 0. The van der Waals surface area contributed by atoms with E-state index in [1.54, 1.807) is 0 Å². The second-order valence-electron chi connectivity index (χ2n) is 29.8. The van der Waals surface area contributed by atoms with Crippen LogP contribution in [0, 0.1) is 0 Å². The fourth-order valence-electron chi connectivity index (χ4n) is 17.4. The minimum atomic E-state index is -0.272. The number of anilines is 7. The van der Waals surface area contributed by atoms with Gasteiger partial charge in [-0.2, -0.15) is 0 Å². The molecule has 2 saturated carbocycles. The van der Waals surface area contributed by atoms with Crippen molar-refractivity contribution in [2.45, 2.75) is 173 Å². The number of rotatable bonds is 5. The third-order valence-corrected chi connectivity index (χ3v) is 22.1. The third kappa shape index (κ3) is 7.36. The Morgan fingerprint density at radius 1 is 0.398 bits per heavy atom. The Bertz CT molecular complexity index is 4140. The molecule has 4 unspecified atom stereocenters. The van der Waals surface area contributed by atoms with Crippen LogP contribution in [0.1, 0.15) is 168 Å². The molecule has 4 heteroatoms. The van der Waals surface area contributed by atoms with Gasteiger partial charge in [-0.05, 0) is 182 Å². The summed E-state index contributed by atoms with van der Waals surface area (Å²) in [6.45, 7) is 29.4. The monoisotopic (exact) mass is 1080 g/mol. The summed E-state index contributed by atoms with van der Waals surface area (Å²) in [7, 11) is 0. The zero-order valence-corrected chi connectivity index (χ0v) is 51.4. The van der Waals surface area contributed by atoms with Crippen LogP contribution in [-0.4, -0.2) is 17.8 Å². The van der Waals surface area contributed by atoms with Crippen molar-refractivity contribution in [2.75, 3.05) is 14.7 Å². The van der Waals surface area contributed by atoms with Crippen molar-refractivity contribution in [1.82, 2.24) is 0 Å². The number of fused-ring (bicyclic) bond motifs is 11. The van der Waals surface area contributed by atoms with Gasteiger partial charge in [-0.1, -0.05) is 228 Å². The smallest absolute Gasteiger partial charge is 0.252 e. The lowest BCUT2D eigenvalue weighted by atomic mass is 9.33. The zero-order chi connectivity index (χ0) is 57.4. The van der Waals surface area contributed by atoms with Crippen LogP contribution < -0.4 is 31.1 Å². The number of hydrogen-bond acceptors (Lipinski definition) is 3. The summed E-state index contributed by atoms with van der Waals surface area (Å²) in [4.78, 5) is 8.64. The van der Waals surface area contributed by atoms with E-state index in [0.29, 0.717) is 0 Å². The maximum Gasteiger partial charge on any atom is 0.252 e. The van der Waals surface area contributed by atoms with Gasteiger partial charge in [0, 0.05) is 50.5 Å². The summed E-state index contributed by atoms with van der Waals surface area (Å²) in [5, 5.41) is 2.52. The molecule has 0 aromatic heterocycles. The Morgan fingerprint density at radius 3 is 1.70 bits per heavy atom. The van der Waals surface area contributed by atoms with Gasteiger partial charge < -0.3 is 14.7 Å². The maximum atomic E-state index is 2.97. The van der Waals surface area contributed by atoms with Gasteiger partial charge in [0.2, 0.25) is 0 Å². The Kier molecular flexibility index (Phi) is 11.3. The summed E-state index contributed by atoms with van der Waals surface area (Å²) >= 11 is 0. The molecule has 0 radical (unpaired) electrons. The molecule has 83 heavy (non-hydrogen) atoms. The van der Waals surface area contributed by atoms with Crippen molar-refractivity contribution in [3.05, 3.63) is 215 Å².